The molecule has 0 bridgehead atoms. The summed E-state index contributed by atoms with van der Waals surface area (Å²) in [6.07, 6.45) is 0. The molecule has 2 N–H and O–H groups in total. The molecule has 0 radical (unpaired) electrons. The van der Waals surface area contributed by atoms with Gasteiger partial charge in [0.15, 0.2) is 0 Å². The van der Waals surface area contributed by atoms with E-state index in [1.54, 1.807) is 30.3 Å². The first kappa shape index (κ1) is 13.7. The van der Waals surface area contributed by atoms with E-state index in [4.69, 9.17) is 0 Å². The summed E-state index contributed by atoms with van der Waals surface area (Å²) in [4.78, 5) is 27.6. The fraction of sp³-hybridized carbons (Fsp3) is 0. The Bertz CT molecular complexity index is 617. The second-order valence-corrected chi connectivity index (χ2v) is 3.79. The highest BCUT2D eigenvalue weighted by Gasteiger charge is 2.13. The van der Waals surface area contributed by atoms with E-state index in [-0.39, 0.29) is 5.56 Å². The van der Waals surface area contributed by atoms with Crippen LogP contribution in [0.4, 0.5) is 4.39 Å². The van der Waals surface area contributed by atoms with Gasteiger partial charge in [0.2, 0.25) is 0 Å². The summed E-state index contributed by atoms with van der Waals surface area (Å²) in [6, 6.07) is 13.7. The Morgan fingerprint density at radius 3 is 2.30 bits per heavy atom. The van der Waals surface area contributed by atoms with Gasteiger partial charge in [0, 0.05) is 5.56 Å². The minimum absolute atomic E-state index is 0.228. The molecule has 0 atom stereocenters. The topological polar surface area (TPSA) is 67.4 Å². The Morgan fingerprint density at radius 2 is 1.60 bits per heavy atom. The molecule has 20 heavy (non-hydrogen) atoms. The molecule has 1 amide bonds. The molecule has 0 aromatic heterocycles. The predicted octanol–water partition coefficient (Wildman–Crippen LogP) is 1.83. The number of hydrogen-bond donors (Lipinski definition) is 2. The lowest BCUT2D eigenvalue weighted by molar-refractivity contribution is 0.0133. The Kier molecular flexibility index (Phi) is 4.41. The molecule has 0 unspecified atom stereocenters. The van der Waals surface area contributed by atoms with Crippen LogP contribution in [0.25, 0.3) is 0 Å². The molecule has 2 aromatic carbocycles. The standard InChI is InChI=1S/C14H11FN2O3/c15-12-9-5-4-8-11(12)14(19)20-17-16-13(18)10-6-2-1-3-7-10/h1-9,17H,(H,16,18). The van der Waals surface area contributed by atoms with Crippen LogP contribution in [0.3, 0.4) is 0 Å². The molecular formula is C14H11FN2O3. The zero-order valence-electron chi connectivity index (χ0n) is 10.3. The van der Waals surface area contributed by atoms with Gasteiger partial charge in [-0.3, -0.25) is 10.2 Å². The molecule has 0 heterocycles. The molecule has 6 heteroatoms. The predicted molar refractivity (Wildman–Crippen MR) is 68.9 cm³/mol. The molecule has 102 valence electrons. The third-order valence-electron chi connectivity index (χ3n) is 2.44. The van der Waals surface area contributed by atoms with Crippen LogP contribution < -0.4 is 11.0 Å². The molecule has 0 saturated carbocycles. The maximum atomic E-state index is 13.3. The van der Waals surface area contributed by atoms with Gasteiger partial charge in [-0.2, -0.15) is 0 Å². The molecular weight excluding hydrogens is 263 g/mol. The van der Waals surface area contributed by atoms with Crippen molar-refractivity contribution in [3.05, 3.63) is 71.5 Å². The van der Waals surface area contributed by atoms with Crippen LogP contribution in [0.1, 0.15) is 20.7 Å². The summed E-state index contributed by atoms with van der Waals surface area (Å²) in [5.41, 5.74) is 4.32. The molecule has 0 aliphatic rings. The SMILES string of the molecule is O=C(NNOC(=O)c1ccccc1F)c1ccccc1. The molecule has 0 saturated heterocycles. The second-order valence-electron chi connectivity index (χ2n) is 3.79. The fourth-order valence-corrected chi connectivity index (χ4v) is 1.46. The molecule has 0 spiro atoms. The zero-order chi connectivity index (χ0) is 14.4. The van der Waals surface area contributed by atoms with Crippen LogP contribution in [0.2, 0.25) is 0 Å². The van der Waals surface area contributed by atoms with Crippen molar-refractivity contribution in [2.24, 2.45) is 0 Å². The summed E-state index contributed by atoms with van der Waals surface area (Å²) in [7, 11) is 0. The van der Waals surface area contributed by atoms with Crippen molar-refractivity contribution in [2.75, 3.05) is 0 Å². The monoisotopic (exact) mass is 274 g/mol. The first-order chi connectivity index (χ1) is 9.68. The summed E-state index contributed by atoms with van der Waals surface area (Å²) in [6.45, 7) is 0. The highest BCUT2D eigenvalue weighted by molar-refractivity contribution is 5.94. The maximum Gasteiger partial charge on any atom is 0.361 e. The second kappa shape index (κ2) is 6.44. The third kappa shape index (κ3) is 3.39. The minimum atomic E-state index is -0.934. The average Bonchev–Trinajstić information content (AvgIpc) is 2.48. The van der Waals surface area contributed by atoms with Gasteiger partial charge in [-0.25, -0.2) is 9.18 Å². The van der Waals surface area contributed by atoms with Gasteiger partial charge in [-0.05, 0) is 24.3 Å². The molecule has 5 nitrogen and oxygen atoms in total. The van der Waals surface area contributed by atoms with Crippen LogP contribution in [-0.2, 0) is 4.84 Å². The molecule has 0 fully saturated rings. The van der Waals surface area contributed by atoms with Crippen molar-refractivity contribution in [2.45, 2.75) is 0 Å². The summed E-state index contributed by atoms with van der Waals surface area (Å²) < 4.78 is 13.3. The number of carbonyl (C=O) groups is 2. The first-order valence-corrected chi connectivity index (χ1v) is 5.74. The lowest BCUT2D eigenvalue weighted by atomic mass is 10.2. The van der Waals surface area contributed by atoms with Gasteiger partial charge >= 0.3 is 5.97 Å². The van der Waals surface area contributed by atoms with E-state index in [1.165, 1.54) is 18.2 Å². The van der Waals surface area contributed by atoms with Crippen molar-refractivity contribution in [3.63, 3.8) is 0 Å². The zero-order valence-corrected chi connectivity index (χ0v) is 10.3. The van der Waals surface area contributed by atoms with E-state index in [1.807, 2.05) is 5.59 Å². The Labute approximate surface area is 114 Å². The van der Waals surface area contributed by atoms with Crippen LogP contribution in [0.5, 0.6) is 0 Å². The van der Waals surface area contributed by atoms with E-state index in [0.29, 0.717) is 5.56 Å². The maximum absolute atomic E-state index is 13.3. The van der Waals surface area contributed by atoms with Gasteiger partial charge in [-0.1, -0.05) is 35.9 Å². The van der Waals surface area contributed by atoms with Crippen LogP contribution >= 0.6 is 0 Å². The van der Waals surface area contributed by atoms with Crippen molar-refractivity contribution in [3.8, 4) is 0 Å². The lowest BCUT2D eigenvalue weighted by Gasteiger charge is -2.07. The quantitative estimate of drug-likeness (QED) is 0.835. The van der Waals surface area contributed by atoms with Gasteiger partial charge in [0.25, 0.3) is 5.91 Å². The van der Waals surface area contributed by atoms with Gasteiger partial charge in [0.05, 0.1) is 5.56 Å². The van der Waals surface area contributed by atoms with E-state index in [9.17, 15) is 14.0 Å². The van der Waals surface area contributed by atoms with E-state index >= 15 is 0 Å². The lowest BCUT2D eigenvalue weighted by Crippen LogP contribution is -2.39. The van der Waals surface area contributed by atoms with Crippen molar-refractivity contribution >= 4 is 11.9 Å². The number of carbonyl (C=O) groups excluding carboxylic acids is 2. The average molecular weight is 274 g/mol. The van der Waals surface area contributed by atoms with Gasteiger partial charge in [-0.15, -0.1) is 0 Å². The smallest absolute Gasteiger partial charge is 0.346 e. The summed E-state index contributed by atoms with van der Waals surface area (Å²) in [5, 5.41) is 0. The van der Waals surface area contributed by atoms with E-state index < -0.39 is 17.7 Å². The number of hydrazine groups is 1. The van der Waals surface area contributed by atoms with E-state index in [0.717, 1.165) is 6.07 Å². The van der Waals surface area contributed by atoms with Crippen molar-refractivity contribution < 1.29 is 18.8 Å². The number of benzene rings is 2. The van der Waals surface area contributed by atoms with Crippen molar-refractivity contribution in [1.29, 1.82) is 0 Å². The van der Waals surface area contributed by atoms with E-state index in [2.05, 4.69) is 10.3 Å². The van der Waals surface area contributed by atoms with Crippen LogP contribution in [0, 0.1) is 5.82 Å². The first-order valence-electron chi connectivity index (χ1n) is 5.74. The molecule has 2 aromatic rings. The number of rotatable bonds is 4. The highest BCUT2D eigenvalue weighted by Crippen LogP contribution is 2.06. The summed E-state index contributed by atoms with van der Waals surface area (Å²) in [5.74, 6) is -2.11. The summed E-state index contributed by atoms with van der Waals surface area (Å²) >= 11 is 0. The van der Waals surface area contributed by atoms with Gasteiger partial charge in [0.1, 0.15) is 5.82 Å². The Balaban J connectivity index is 1.86. The molecule has 0 aliphatic carbocycles. The number of halogens is 1. The molecule has 2 rings (SSSR count). The number of nitrogens with one attached hydrogen (secondary N) is 2. The number of amides is 1. The largest absolute Gasteiger partial charge is 0.361 e. The Morgan fingerprint density at radius 1 is 0.950 bits per heavy atom. The molecule has 0 aliphatic heterocycles. The Hall–Kier alpha value is -2.73. The minimum Gasteiger partial charge on any atom is -0.346 e. The normalized spacial score (nSPS) is 9.85. The third-order valence-corrected chi connectivity index (χ3v) is 2.44. The van der Waals surface area contributed by atoms with Crippen LogP contribution in [-0.4, -0.2) is 11.9 Å². The van der Waals surface area contributed by atoms with Gasteiger partial charge < -0.3 is 4.84 Å². The highest BCUT2D eigenvalue weighted by atomic mass is 19.1. The van der Waals surface area contributed by atoms with Crippen molar-refractivity contribution in [1.82, 2.24) is 11.0 Å². The van der Waals surface area contributed by atoms with Crippen LogP contribution in [0.15, 0.2) is 54.6 Å². The fourth-order valence-electron chi connectivity index (χ4n) is 1.46. The number of hydrogen-bond acceptors (Lipinski definition) is 4.